The fourth-order valence-corrected chi connectivity index (χ4v) is 6.70. The number of hydrogen-bond donors (Lipinski definition) is 2. The number of amides is 3. The second-order valence-corrected chi connectivity index (χ2v) is 9.66. The van der Waals surface area contributed by atoms with Crippen molar-refractivity contribution in [2.45, 2.75) is 63.5 Å². The molecule has 1 aliphatic heterocycles. The lowest BCUT2D eigenvalue weighted by Crippen LogP contribution is -2.61. The van der Waals surface area contributed by atoms with E-state index >= 15 is 0 Å². The van der Waals surface area contributed by atoms with Crippen molar-refractivity contribution in [3.8, 4) is 0 Å². The Balaban J connectivity index is 1.09. The third-order valence-corrected chi connectivity index (χ3v) is 7.52. The monoisotopic (exact) mass is 381 g/mol. The highest BCUT2D eigenvalue weighted by Gasteiger charge is 2.51. The average Bonchev–Trinajstić information content (AvgIpc) is 2.66. The van der Waals surface area contributed by atoms with E-state index in [1.807, 2.05) is 11.0 Å². The maximum atomic E-state index is 12.6. The number of nitrogens with one attached hydrogen (secondary N) is 2. The largest absolute Gasteiger partial charge is 0.338 e. The number of nitrogens with zero attached hydrogens (tertiary/aromatic N) is 1. The smallest absolute Gasteiger partial charge is 0.315 e. The van der Waals surface area contributed by atoms with Crippen molar-refractivity contribution in [1.29, 1.82) is 0 Å². The van der Waals surface area contributed by atoms with Crippen molar-refractivity contribution < 1.29 is 9.59 Å². The Kier molecular flexibility index (Phi) is 4.56. The normalized spacial score (nSPS) is 32.7. The first-order chi connectivity index (χ1) is 13.6. The van der Waals surface area contributed by atoms with Crippen LogP contribution in [0.4, 0.5) is 4.79 Å². The molecule has 0 unspecified atom stereocenters. The van der Waals surface area contributed by atoms with E-state index in [1.165, 1.54) is 30.4 Å². The van der Waals surface area contributed by atoms with Crippen LogP contribution in [0.5, 0.6) is 0 Å². The standard InChI is InChI=1S/C23H31N3O2/c27-21(26-8-6-19-3-1-2-4-20(19)15-26)5-7-24-22(28)25-23-12-16-9-17(13-23)11-18(10-16)14-23/h1-4,16-18H,5-15H2,(H2,24,25,28). The summed E-state index contributed by atoms with van der Waals surface area (Å²) in [7, 11) is 0. The van der Waals surface area contributed by atoms with E-state index in [0.717, 1.165) is 50.0 Å². The lowest BCUT2D eigenvalue weighted by atomic mass is 9.53. The molecule has 1 heterocycles. The predicted octanol–water partition coefficient (Wildman–Crippen LogP) is 3.23. The second kappa shape index (κ2) is 7.09. The van der Waals surface area contributed by atoms with E-state index in [2.05, 4.69) is 28.8 Å². The molecule has 5 heteroatoms. The molecule has 0 radical (unpaired) electrons. The first-order valence-corrected chi connectivity index (χ1v) is 11.0. The maximum absolute atomic E-state index is 12.6. The summed E-state index contributed by atoms with van der Waals surface area (Å²) >= 11 is 0. The summed E-state index contributed by atoms with van der Waals surface area (Å²) in [5.74, 6) is 2.57. The van der Waals surface area contributed by atoms with Gasteiger partial charge in [-0.05, 0) is 73.8 Å². The minimum atomic E-state index is -0.0845. The Hall–Kier alpha value is -2.04. The highest BCUT2D eigenvalue weighted by Crippen LogP contribution is 2.55. The average molecular weight is 382 g/mol. The number of hydrogen-bond acceptors (Lipinski definition) is 2. The number of carbonyl (C=O) groups is 2. The quantitative estimate of drug-likeness (QED) is 0.841. The van der Waals surface area contributed by atoms with Crippen LogP contribution < -0.4 is 10.6 Å². The van der Waals surface area contributed by atoms with E-state index in [4.69, 9.17) is 0 Å². The lowest BCUT2D eigenvalue weighted by molar-refractivity contribution is -0.131. The van der Waals surface area contributed by atoms with Gasteiger partial charge >= 0.3 is 6.03 Å². The van der Waals surface area contributed by atoms with Crippen LogP contribution in [0.2, 0.25) is 0 Å². The Morgan fingerprint density at radius 1 is 1.00 bits per heavy atom. The second-order valence-electron chi connectivity index (χ2n) is 9.66. The zero-order valence-electron chi connectivity index (χ0n) is 16.6. The summed E-state index contributed by atoms with van der Waals surface area (Å²) in [4.78, 5) is 27.0. The molecule has 0 spiro atoms. The zero-order chi connectivity index (χ0) is 19.1. The topological polar surface area (TPSA) is 61.4 Å². The molecule has 2 N–H and O–H groups in total. The molecule has 0 aromatic heterocycles. The molecule has 1 aromatic carbocycles. The van der Waals surface area contributed by atoms with Crippen LogP contribution in [-0.2, 0) is 17.8 Å². The Morgan fingerprint density at radius 2 is 1.64 bits per heavy atom. The molecule has 4 fully saturated rings. The number of rotatable bonds is 4. The van der Waals surface area contributed by atoms with E-state index in [9.17, 15) is 9.59 Å². The molecule has 28 heavy (non-hydrogen) atoms. The van der Waals surface area contributed by atoms with Gasteiger partial charge in [-0.15, -0.1) is 0 Å². The van der Waals surface area contributed by atoms with Crippen molar-refractivity contribution in [3.05, 3.63) is 35.4 Å². The third-order valence-electron chi connectivity index (χ3n) is 7.52. The first-order valence-electron chi connectivity index (χ1n) is 11.0. The molecule has 3 amide bonds. The zero-order valence-corrected chi connectivity index (χ0v) is 16.6. The molecule has 5 nitrogen and oxygen atoms in total. The molecule has 0 saturated heterocycles. The van der Waals surface area contributed by atoms with Crippen molar-refractivity contribution >= 4 is 11.9 Å². The van der Waals surface area contributed by atoms with Gasteiger partial charge in [0.15, 0.2) is 0 Å². The molecular weight excluding hydrogens is 350 g/mol. The molecule has 150 valence electrons. The molecular formula is C23H31N3O2. The van der Waals surface area contributed by atoms with Crippen LogP contribution in [0.1, 0.15) is 56.1 Å². The summed E-state index contributed by atoms with van der Waals surface area (Å²) in [6.07, 6.45) is 8.86. The van der Waals surface area contributed by atoms with Gasteiger partial charge in [-0.1, -0.05) is 24.3 Å². The summed E-state index contributed by atoms with van der Waals surface area (Å²) in [6, 6.07) is 8.25. The highest BCUT2D eigenvalue weighted by atomic mass is 16.2. The number of benzene rings is 1. The minimum absolute atomic E-state index is 0.0272. The SMILES string of the molecule is O=C(NCCC(=O)N1CCc2ccccc2C1)NC12CC3CC(CC(C3)C1)C2. The third kappa shape index (κ3) is 3.51. The van der Waals surface area contributed by atoms with Crippen molar-refractivity contribution in [3.63, 3.8) is 0 Å². The Labute approximate surface area is 167 Å². The van der Waals surface area contributed by atoms with Gasteiger partial charge in [-0.2, -0.15) is 0 Å². The van der Waals surface area contributed by atoms with Gasteiger partial charge in [0.2, 0.25) is 5.91 Å². The number of urea groups is 1. The van der Waals surface area contributed by atoms with Gasteiger partial charge in [0.05, 0.1) is 0 Å². The first kappa shape index (κ1) is 18.0. The van der Waals surface area contributed by atoms with Gasteiger partial charge in [-0.25, -0.2) is 4.79 Å². The van der Waals surface area contributed by atoms with Crippen LogP contribution in [-0.4, -0.2) is 35.5 Å². The molecule has 5 aliphatic rings. The van der Waals surface area contributed by atoms with Gasteiger partial charge in [-0.3, -0.25) is 4.79 Å². The van der Waals surface area contributed by atoms with Crippen molar-refractivity contribution in [1.82, 2.24) is 15.5 Å². The summed E-state index contributed by atoms with van der Waals surface area (Å²) < 4.78 is 0. The lowest BCUT2D eigenvalue weighted by Gasteiger charge is -2.56. The van der Waals surface area contributed by atoms with Crippen molar-refractivity contribution in [2.24, 2.45) is 17.8 Å². The van der Waals surface area contributed by atoms with Crippen LogP contribution in [0.3, 0.4) is 0 Å². The number of carbonyl (C=O) groups excluding carboxylic acids is 2. The van der Waals surface area contributed by atoms with Crippen LogP contribution in [0, 0.1) is 17.8 Å². The van der Waals surface area contributed by atoms with Crippen LogP contribution in [0.25, 0.3) is 0 Å². The van der Waals surface area contributed by atoms with E-state index in [-0.39, 0.29) is 17.5 Å². The molecule has 6 rings (SSSR count). The molecule has 4 saturated carbocycles. The van der Waals surface area contributed by atoms with Crippen molar-refractivity contribution in [2.75, 3.05) is 13.1 Å². The summed E-state index contributed by atoms with van der Waals surface area (Å²) in [5, 5.41) is 6.27. The van der Waals surface area contributed by atoms with E-state index in [1.54, 1.807) is 0 Å². The van der Waals surface area contributed by atoms with Gasteiger partial charge in [0.25, 0.3) is 0 Å². The summed E-state index contributed by atoms with van der Waals surface area (Å²) in [5.41, 5.74) is 2.62. The van der Waals surface area contributed by atoms with Gasteiger partial charge in [0, 0.05) is 31.6 Å². The fourth-order valence-electron chi connectivity index (χ4n) is 6.70. The van der Waals surface area contributed by atoms with Gasteiger partial charge in [0.1, 0.15) is 0 Å². The Bertz CT molecular complexity index is 740. The number of fused-ring (bicyclic) bond motifs is 1. The highest BCUT2D eigenvalue weighted by molar-refractivity contribution is 5.79. The fraction of sp³-hybridized carbons (Fsp3) is 0.652. The molecule has 4 bridgehead atoms. The van der Waals surface area contributed by atoms with Gasteiger partial charge < -0.3 is 15.5 Å². The minimum Gasteiger partial charge on any atom is -0.338 e. The maximum Gasteiger partial charge on any atom is 0.315 e. The van der Waals surface area contributed by atoms with Crippen LogP contribution >= 0.6 is 0 Å². The Morgan fingerprint density at radius 3 is 2.32 bits per heavy atom. The molecule has 1 aromatic rings. The molecule has 0 atom stereocenters. The molecule has 4 aliphatic carbocycles. The van der Waals surface area contributed by atoms with E-state index in [0.29, 0.717) is 19.5 Å². The predicted molar refractivity (Wildman–Crippen MR) is 108 cm³/mol. The summed E-state index contributed by atoms with van der Waals surface area (Å²) in [6.45, 7) is 1.87. The van der Waals surface area contributed by atoms with Crippen LogP contribution in [0.15, 0.2) is 24.3 Å². The van der Waals surface area contributed by atoms with E-state index < -0.39 is 0 Å².